The number of hydrogen-bond acceptors (Lipinski definition) is 2. The van der Waals surface area contributed by atoms with Crippen molar-refractivity contribution >= 4 is 6.29 Å². The van der Waals surface area contributed by atoms with Crippen LogP contribution in [0.15, 0.2) is 60.8 Å². The summed E-state index contributed by atoms with van der Waals surface area (Å²) < 4.78 is 26.6. The largest absolute Gasteiger partial charge is 0.298 e. The van der Waals surface area contributed by atoms with Gasteiger partial charge in [-0.15, -0.1) is 0 Å². The summed E-state index contributed by atoms with van der Waals surface area (Å²) in [6, 6.07) is 13.5. The monoisotopic (exact) mass is 295 g/mol. The van der Waals surface area contributed by atoms with Crippen LogP contribution in [0.1, 0.15) is 10.4 Å². The third-order valence-electron chi connectivity index (χ3n) is 3.32. The molecule has 0 saturated heterocycles. The van der Waals surface area contributed by atoms with E-state index in [1.54, 1.807) is 30.3 Å². The van der Waals surface area contributed by atoms with Crippen LogP contribution >= 0.6 is 0 Å². The lowest BCUT2D eigenvalue weighted by atomic mass is 10.0. The molecule has 0 amide bonds. The molecule has 0 atom stereocenters. The lowest BCUT2D eigenvalue weighted by molar-refractivity contribution is 0.112. The molecule has 0 aliphatic rings. The molecule has 4 heteroatoms. The number of pyridine rings is 1. The van der Waals surface area contributed by atoms with E-state index in [0.29, 0.717) is 34.2 Å². The van der Waals surface area contributed by atoms with Crippen molar-refractivity contribution in [2.24, 2.45) is 0 Å². The smallest absolute Gasteiger partial charge is 0.150 e. The summed E-state index contributed by atoms with van der Waals surface area (Å²) in [6.07, 6.45) is 2.18. The van der Waals surface area contributed by atoms with Crippen LogP contribution in [0.2, 0.25) is 0 Å². The summed E-state index contributed by atoms with van der Waals surface area (Å²) >= 11 is 0. The highest BCUT2D eigenvalue weighted by Gasteiger charge is 2.09. The second-order valence-corrected chi connectivity index (χ2v) is 4.80. The summed E-state index contributed by atoms with van der Waals surface area (Å²) in [5, 5.41) is 0. The van der Waals surface area contributed by atoms with Crippen molar-refractivity contribution in [3.05, 3.63) is 78.0 Å². The lowest BCUT2D eigenvalue weighted by Crippen LogP contribution is -1.93. The maximum Gasteiger partial charge on any atom is 0.150 e. The zero-order valence-corrected chi connectivity index (χ0v) is 11.5. The quantitative estimate of drug-likeness (QED) is 0.666. The van der Waals surface area contributed by atoms with E-state index in [2.05, 4.69) is 4.98 Å². The van der Waals surface area contributed by atoms with E-state index in [-0.39, 0.29) is 11.6 Å². The molecule has 108 valence electrons. The van der Waals surface area contributed by atoms with Gasteiger partial charge in [0.05, 0.1) is 5.69 Å². The van der Waals surface area contributed by atoms with Crippen LogP contribution in [0, 0.1) is 11.6 Å². The average Bonchev–Trinajstić information content (AvgIpc) is 2.54. The average molecular weight is 295 g/mol. The number of hydrogen-bond donors (Lipinski definition) is 0. The van der Waals surface area contributed by atoms with Crippen LogP contribution in [-0.4, -0.2) is 11.3 Å². The molecule has 0 radical (unpaired) electrons. The highest BCUT2D eigenvalue weighted by atomic mass is 19.1. The topological polar surface area (TPSA) is 30.0 Å². The van der Waals surface area contributed by atoms with Crippen LogP contribution in [0.25, 0.3) is 22.4 Å². The molecule has 22 heavy (non-hydrogen) atoms. The molecule has 0 bridgehead atoms. The molecule has 0 spiro atoms. The van der Waals surface area contributed by atoms with Gasteiger partial charge in [-0.25, -0.2) is 8.78 Å². The Labute approximate surface area is 126 Å². The molecular weight excluding hydrogens is 284 g/mol. The first-order valence-corrected chi connectivity index (χ1v) is 6.64. The Morgan fingerprint density at radius 1 is 0.864 bits per heavy atom. The van der Waals surface area contributed by atoms with E-state index < -0.39 is 0 Å². The molecule has 1 heterocycles. The van der Waals surface area contributed by atoms with Gasteiger partial charge >= 0.3 is 0 Å². The van der Waals surface area contributed by atoms with Crippen LogP contribution in [0.5, 0.6) is 0 Å². The van der Waals surface area contributed by atoms with Gasteiger partial charge in [0.15, 0.2) is 6.29 Å². The van der Waals surface area contributed by atoms with E-state index in [1.165, 1.54) is 30.5 Å². The first-order valence-electron chi connectivity index (χ1n) is 6.64. The first-order chi connectivity index (χ1) is 10.7. The number of benzene rings is 2. The van der Waals surface area contributed by atoms with Gasteiger partial charge in [0.25, 0.3) is 0 Å². The number of halogens is 2. The molecule has 2 aromatic carbocycles. The van der Waals surface area contributed by atoms with Gasteiger partial charge in [0, 0.05) is 22.9 Å². The molecule has 0 aliphatic carbocycles. The zero-order valence-electron chi connectivity index (χ0n) is 11.5. The number of rotatable bonds is 3. The van der Waals surface area contributed by atoms with Gasteiger partial charge in [0.1, 0.15) is 11.6 Å². The number of carbonyl (C=O) groups is 1. The lowest BCUT2D eigenvalue weighted by Gasteiger charge is -2.08. The minimum absolute atomic E-state index is 0.374. The Kier molecular flexibility index (Phi) is 3.74. The first kappa shape index (κ1) is 14.1. The van der Waals surface area contributed by atoms with Gasteiger partial charge in [-0.1, -0.05) is 24.3 Å². The third kappa shape index (κ3) is 2.76. The van der Waals surface area contributed by atoms with Crippen molar-refractivity contribution in [1.82, 2.24) is 4.98 Å². The molecule has 0 aliphatic heterocycles. The van der Waals surface area contributed by atoms with E-state index in [4.69, 9.17) is 0 Å². The molecule has 0 fully saturated rings. The van der Waals surface area contributed by atoms with E-state index in [9.17, 15) is 13.6 Å². The van der Waals surface area contributed by atoms with Crippen molar-refractivity contribution in [1.29, 1.82) is 0 Å². The zero-order chi connectivity index (χ0) is 15.5. The molecule has 3 aromatic rings. The highest BCUT2D eigenvalue weighted by molar-refractivity contribution is 5.88. The van der Waals surface area contributed by atoms with Crippen LogP contribution < -0.4 is 0 Å². The molecule has 0 saturated carbocycles. The minimum Gasteiger partial charge on any atom is -0.298 e. The minimum atomic E-state index is -0.386. The summed E-state index contributed by atoms with van der Waals surface area (Å²) in [5.41, 5.74) is 2.55. The second-order valence-electron chi connectivity index (χ2n) is 4.80. The van der Waals surface area contributed by atoms with E-state index in [0.717, 1.165) is 0 Å². The maximum absolute atomic E-state index is 13.3. The highest BCUT2D eigenvalue weighted by Crippen LogP contribution is 2.26. The Morgan fingerprint density at radius 3 is 2.14 bits per heavy atom. The number of carbonyl (C=O) groups excluding carboxylic acids is 1. The Bertz CT molecular complexity index is 846. The van der Waals surface area contributed by atoms with Gasteiger partial charge < -0.3 is 0 Å². The van der Waals surface area contributed by atoms with Crippen molar-refractivity contribution in [3.63, 3.8) is 0 Å². The molecule has 0 unspecified atom stereocenters. The molecule has 3 rings (SSSR count). The van der Waals surface area contributed by atoms with Crippen molar-refractivity contribution in [3.8, 4) is 22.4 Å². The standard InChI is InChI=1S/C18H11F2NO/c19-15-5-1-3-12(7-15)17-10-21-18(9-14(17)11-22)13-4-2-6-16(20)8-13/h1-11H. The van der Waals surface area contributed by atoms with Crippen molar-refractivity contribution in [2.75, 3.05) is 0 Å². The molecule has 0 N–H and O–H groups in total. The van der Waals surface area contributed by atoms with Gasteiger partial charge in [-0.2, -0.15) is 0 Å². The van der Waals surface area contributed by atoms with Crippen molar-refractivity contribution in [2.45, 2.75) is 0 Å². The van der Waals surface area contributed by atoms with Gasteiger partial charge in [-0.05, 0) is 35.9 Å². The predicted molar refractivity (Wildman–Crippen MR) is 80.4 cm³/mol. The van der Waals surface area contributed by atoms with E-state index in [1.807, 2.05) is 0 Å². The summed E-state index contributed by atoms with van der Waals surface area (Å²) in [7, 11) is 0. The Hall–Kier alpha value is -2.88. The summed E-state index contributed by atoms with van der Waals surface area (Å²) in [5.74, 6) is -0.760. The van der Waals surface area contributed by atoms with E-state index >= 15 is 0 Å². The second kappa shape index (κ2) is 5.85. The van der Waals surface area contributed by atoms with Crippen LogP contribution in [0.4, 0.5) is 8.78 Å². The normalized spacial score (nSPS) is 10.5. The fourth-order valence-corrected chi connectivity index (χ4v) is 2.27. The summed E-state index contributed by atoms with van der Waals surface area (Å²) in [6.45, 7) is 0. The fourth-order valence-electron chi connectivity index (χ4n) is 2.27. The maximum atomic E-state index is 13.3. The predicted octanol–water partition coefficient (Wildman–Crippen LogP) is 4.51. The number of aldehydes is 1. The third-order valence-corrected chi connectivity index (χ3v) is 3.32. The molecular formula is C18H11F2NO. The SMILES string of the molecule is O=Cc1cc(-c2cccc(F)c2)ncc1-c1cccc(F)c1. The molecule has 2 nitrogen and oxygen atoms in total. The van der Waals surface area contributed by atoms with Crippen LogP contribution in [-0.2, 0) is 0 Å². The van der Waals surface area contributed by atoms with Gasteiger partial charge in [-0.3, -0.25) is 9.78 Å². The van der Waals surface area contributed by atoms with Crippen molar-refractivity contribution < 1.29 is 13.6 Å². The van der Waals surface area contributed by atoms with Gasteiger partial charge in [0.2, 0.25) is 0 Å². The van der Waals surface area contributed by atoms with Crippen LogP contribution in [0.3, 0.4) is 0 Å². The fraction of sp³-hybridized carbons (Fsp3) is 0. The molecule has 1 aromatic heterocycles. The Balaban J connectivity index is 2.10. The number of nitrogens with zero attached hydrogens (tertiary/aromatic N) is 1. The number of aromatic nitrogens is 1. The summed E-state index contributed by atoms with van der Waals surface area (Å²) in [4.78, 5) is 15.6. The Morgan fingerprint density at radius 2 is 1.50 bits per heavy atom.